The highest BCUT2D eigenvalue weighted by Gasteiger charge is 2.15. The van der Waals surface area contributed by atoms with E-state index in [4.69, 9.17) is 4.74 Å². The number of benzene rings is 2. The smallest absolute Gasteiger partial charge is 0.311 e. The van der Waals surface area contributed by atoms with Crippen molar-refractivity contribution in [2.75, 3.05) is 18.5 Å². The van der Waals surface area contributed by atoms with Crippen LogP contribution in [0.3, 0.4) is 0 Å². The first-order valence-corrected chi connectivity index (χ1v) is 7.76. The zero-order valence-corrected chi connectivity index (χ0v) is 13.3. The lowest BCUT2D eigenvalue weighted by Crippen LogP contribution is -2.06. The molecule has 0 aliphatic heterocycles. The molecule has 0 unspecified atom stereocenters. The summed E-state index contributed by atoms with van der Waals surface area (Å²) in [5, 5.41) is 14.2. The summed E-state index contributed by atoms with van der Waals surface area (Å²) in [6.07, 6.45) is 0.718. The fraction of sp³-hybridized carbons (Fsp3) is 0.235. The molecule has 0 bridgehead atoms. The molecular formula is C17H18N4O3. The van der Waals surface area contributed by atoms with Crippen molar-refractivity contribution < 1.29 is 9.66 Å². The molecule has 24 heavy (non-hydrogen) atoms. The summed E-state index contributed by atoms with van der Waals surface area (Å²) < 4.78 is 5.34. The van der Waals surface area contributed by atoms with Crippen LogP contribution in [0.1, 0.15) is 12.7 Å². The molecule has 7 heteroatoms. The summed E-state index contributed by atoms with van der Waals surface area (Å²) in [6, 6.07) is 12.7. The van der Waals surface area contributed by atoms with Crippen LogP contribution in [0.15, 0.2) is 42.5 Å². The van der Waals surface area contributed by atoms with Gasteiger partial charge in [-0.3, -0.25) is 10.1 Å². The third-order valence-electron chi connectivity index (χ3n) is 3.59. The zero-order chi connectivity index (χ0) is 16.9. The molecule has 0 aliphatic rings. The number of nitro groups is 1. The molecule has 0 aliphatic carbocycles. The first kappa shape index (κ1) is 15.8. The van der Waals surface area contributed by atoms with Crippen molar-refractivity contribution in [3.8, 4) is 5.75 Å². The van der Waals surface area contributed by atoms with Crippen LogP contribution < -0.4 is 10.1 Å². The lowest BCUT2D eigenvalue weighted by atomic mass is 10.2. The number of imidazole rings is 1. The van der Waals surface area contributed by atoms with E-state index in [1.807, 2.05) is 24.3 Å². The molecule has 0 saturated carbocycles. The molecule has 0 saturated heterocycles. The largest absolute Gasteiger partial charge is 0.487 e. The van der Waals surface area contributed by atoms with Gasteiger partial charge in [-0.25, -0.2) is 4.98 Å². The Kier molecular flexibility index (Phi) is 4.60. The van der Waals surface area contributed by atoms with Crippen LogP contribution in [0.25, 0.3) is 11.0 Å². The van der Waals surface area contributed by atoms with Gasteiger partial charge in [-0.05, 0) is 25.1 Å². The topological polar surface area (TPSA) is 93.1 Å². The maximum absolute atomic E-state index is 11.0. The summed E-state index contributed by atoms with van der Waals surface area (Å²) in [5.74, 6) is 1.17. The maximum Gasteiger partial charge on any atom is 0.311 e. The fourth-order valence-electron chi connectivity index (χ4n) is 2.50. The molecule has 1 heterocycles. The van der Waals surface area contributed by atoms with Crippen molar-refractivity contribution in [3.63, 3.8) is 0 Å². The lowest BCUT2D eigenvalue weighted by molar-refractivity contribution is -0.385. The minimum absolute atomic E-state index is 0.0281. The van der Waals surface area contributed by atoms with Gasteiger partial charge in [0.1, 0.15) is 5.82 Å². The molecule has 0 fully saturated rings. The van der Waals surface area contributed by atoms with Crippen LogP contribution in [0.4, 0.5) is 11.4 Å². The van der Waals surface area contributed by atoms with Crippen LogP contribution >= 0.6 is 0 Å². The average molecular weight is 326 g/mol. The monoisotopic (exact) mass is 326 g/mol. The van der Waals surface area contributed by atoms with E-state index in [1.165, 1.54) is 6.07 Å². The van der Waals surface area contributed by atoms with E-state index in [2.05, 4.69) is 15.3 Å². The molecular weight excluding hydrogens is 308 g/mol. The van der Waals surface area contributed by atoms with E-state index in [0.29, 0.717) is 13.2 Å². The Morgan fingerprint density at radius 3 is 2.88 bits per heavy atom. The average Bonchev–Trinajstić information content (AvgIpc) is 2.98. The van der Waals surface area contributed by atoms with E-state index >= 15 is 0 Å². The Labute approximate surface area is 138 Å². The van der Waals surface area contributed by atoms with Crippen molar-refractivity contribution >= 4 is 22.4 Å². The highest BCUT2D eigenvalue weighted by Crippen LogP contribution is 2.30. The van der Waals surface area contributed by atoms with E-state index in [1.54, 1.807) is 19.1 Å². The molecule has 0 amide bonds. The molecule has 3 rings (SSSR count). The van der Waals surface area contributed by atoms with Crippen molar-refractivity contribution in [1.82, 2.24) is 9.97 Å². The van der Waals surface area contributed by atoms with Gasteiger partial charge in [0, 0.05) is 30.8 Å². The number of H-pyrrole nitrogens is 1. The minimum atomic E-state index is -0.441. The maximum atomic E-state index is 11.0. The summed E-state index contributed by atoms with van der Waals surface area (Å²) in [6.45, 7) is 2.83. The Hall–Kier alpha value is -3.09. The first-order chi connectivity index (χ1) is 11.7. The van der Waals surface area contributed by atoms with Gasteiger partial charge in [-0.15, -0.1) is 0 Å². The second kappa shape index (κ2) is 6.99. The van der Waals surface area contributed by atoms with E-state index in [-0.39, 0.29) is 11.4 Å². The van der Waals surface area contributed by atoms with Crippen molar-refractivity contribution in [3.05, 3.63) is 58.4 Å². The second-order valence-corrected chi connectivity index (χ2v) is 5.25. The number of rotatable bonds is 7. The number of para-hydroxylation sites is 2. The molecule has 124 valence electrons. The quantitative estimate of drug-likeness (QED) is 0.512. The van der Waals surface area contributed by atoms with Gasteiger partial charge in [-0.1, -0.05) is 12.1 Å². The number of hydrogen-bond acceptors (Lipinski definition) is 5. The van der Waals surface area contributed by atoms with Gasteiger partial charge in [0.25, 0.3) is 0 Å². The standard InChI is InChI=1S/C17H18N4O3/c1-2-24-16-11-12(7-8-15(16)21(22)23)18-10-9-17-19-13-5-3-4-6-14(13)20-17/h3-8,11,18H,2,9-10H2,1H3,(H,19,20). The van der Waals surface area contributed by atoms with Crippen LogP contribution in [-0.4, -0.2) is 28.0 Å². The Bertz CT molecular complexity index is 827. The lowest BCUT2D eigenvalue weighted by Gasteiger charge is -2.09. The molecule has 0 spiro atoms. The number of aromatic amines is 1. The van der Waals surface area contributed by atoms with Gasteiger partial charge >= 0.3 is 5.69 Å². The van der Waals surface area contributed by atoms with E-state index in [0.717, 1.165) is 29.0 Å². The van der Waals surface area contributed by atoms with Crippen molar-refractivity contribution in [2.24, 2.45) is 0 Å². The summed E-state index contributed by atoms with van der Waals surface area (Å²) >= 11 is 0. The third kappa shape index (κ3) is 3.45. The van der Waals surface area contributed by atoms with Crippen LogP contribution in [0, 0.1) is 10.1 Å². The van der Waals surface area contributed by atoms with Crippen LogP contribution in [0.5, 0.6) is 5.75 Å². The van der Waals surface area contributed by atoms with Crippen molar-refractivity contribution in [1.29, 1.82) is 0 Å². The second-order valence-electron chi connectivity index (χ2n) is 5.25. The molecule has 2 N–H and O–H groups in total. The van der Waals surface area contributed by atoms with Crippen LogP contribution in [0.2, 0.25) is 0 Å². The van der Waals surface area contributed by atoms with Gasteiger partial charge in [0.15, 0.2) is 5.75 Å². The number of fused-ring (bicyclic) bond motifs is 1. The Balaban J connectivity index is 1.65. The summed E-state index contributed by atoms with van der Waals surface area (Å²) in [7, 11) is 0. The number of aromatic nitrogens is 2. The first-order valence-electron chi connectivity index (χ1n) is 7.76. The number of anilines is 1. The van der Waals surface area contributed by atoms with Crippen molar-refractivity contribution in [2.45, 2.75) is 13.3 Å². The molecule has 1 aromatic heterocycles. The fourth-order valence-corrected chi connectivity index (χ4v) is 2.50. The normalized spacial score (nSPS) is 10.7. The Morgan fingerprint density at radius 1 is 1.29 bits per heavy atom. The third-order valence-corrected chi connectivity index (χ3v) is 3.59. The highest BCUT2D eigenvalue weighted by molar-refractivity contribution is 5.74. The van der Waals surface area contributed by atoms with Gasteiger partial charge < -0.3 is 15.0 Å². The summed E-state index contributed by atoms with van der Waals surface area (Å²) in [5.41, 5.74) is 2.71. The zero-order valence-electron chi connectivity index (χ0n) is 13.3. The molecule has 3 aromatic rings. The van der Waals surface area contributed by atoms with Gasteiger partial charge in [-0.2, -0.15) is 0 Å². The van der Waals surface area contributed by atoms with Gasteiger partial charge in [0.2, 0.25) is 0 Å². The SMILES string of the molecule is CCOc1cc(NCCc2nc3ccccc3[nH]2)ccc1[N+](=O)[O-]. The minimum Gasteiger partial charge on any atom is -0.487 e. The molecule has 7 nitrogen and oxygen atoms in total. The number of nitrogens with one attached hydrogen (secondary N) is 2. The predicted octanol–water partition coefficient (Wildman–Crippen LogP) is 3.52. The van der Waals surface area contributed by atoms with E-state index < -0.39 is 4.92 Å². The molecule has 0 atom stereocenters. The number of nitro benzene ring substituents is 1. The number of hydrogen-bond donors (Lipinski definition) is 2. The summed E-state index contributed by atoms with van der Waals surface area (Å²) in [4.78, 5) is 18.3. The predicted molar refractivity (Wildman–Crippen MR) is 92.6 cm³/mol. The van der Waals surface area contributed by atoms with Gasteiger partial charge in [0.05, 0.1) is 22.6 Å². The Morgan fingerprint density at radius 2 is 2.12 bits per heavy atom. The molecule has 0 radical (unpaired) electrons. The number of nitrogens with zero attached hydrogens (tertiary/aromatic N) is 2. The van der Waals surface area contributed by atoms with E-state index in [9.17, 15) is 10.1 Å². The highest BCUT2D eigenvalue weighted by atomic mass is 16.6. The number of ether oxygens (including phenoxy) is 1. The van der Waals surface area contributed by atoms with Crippen LogP contribution in [-0.2, 0) is 6.42 Å². The molecule has 2 aromatic carbocycles.